The Morgan fingerprint density at radius 3 is 2.93 bits per heavy atom. The third-order valence-corrected chi connectivity index (χ3v) is 3.34. The maximum atomic E-state index is 11.3. The Morgan fingerprint density at radius 1 is 1.60 bits per heavy atom. The van der Waals surface area contributed by atoms with E-state index >= 15 is 0 Å². The van der Waals surface area contributed by atoms with Crippen molar-refractivity contribution in [2.24, 2.45) is 0 Å². The first-order valence-electron chi connectivity index (χ1n) is 4.75. The van der Waals surface area contributed by atoms with Gasteiger partial charge >= 0.3 is 15.4 Å². The number of rotatable bonds is 4. The summed E-state index contributed by atoms with van der Waals surface area (Å²) in [6, 6.07) is -0.317. The highest BCUT2D eigenvalue weighted by atomic mass is 27.1. The molecule has 3 N–H and O–H groups in total. The molecule has 1 rings (SSSR count). The molecule has 1 heterocycles. The van der Waals surface area contributed by atoms with Crippen molar-refractivity contribution in [3.63, 3.8) is 0 Å². The highest BCUT2D eigenvalue weighted by molar-refractivity contribution is 6.39. The summed E-state index contributed by atoms with van der Waals surface area (Å²) < 4.78 is 3.02. The average Bonchev–Trinajstić information content (AvgIpc) is 2.21. The second-order valence-electron chi connectivity index (χ2n) is 3.25. The summed E-state index contributed by atoms with van der Waals surface area (Å²) in [5, 5.41) is 5.17. The van der Waals surface area contributed by atoms with E-state index in [-0.39, 0.29) is 39.2 Å². The van der Waals surface area contributed by atoms with Gasteiger partial charge in [-0.05, 0) is 11.7 Å². The van der Waals surface area contributed by atoms with Crippen LogP contribution in [0.25, 0.3) is 0 Å². The predicted octanol–water partition coefficient (Wildman–Crippen LogP) is -1.84. The molecule has 0 aromatic carbocycles. The number of amides is 3. The molecule has 0 bridgehead atoms. The minimum Gasteiger partial charge on any atom is -0.395 e. The van der Waals surface area contributed by atoms with Crippen LogP contribution in [0.4, 0.5) is 0 Å². The molecule has 0 aromatic heterocycles. The van der Waals surface area contributed by atoms with Gasteiger partial charge in [-0.1, -0.05) is 0 Å². The van der Waals surface area contributed by atoms with Gasteiger partial charge in [0.2, 0.25) is 17.7 Å². The summed E-state index contributed by atoms with van der Waals surface area (Å²) in [5.74, 6) is -0.542. The first kappa shape index (κ1) is 12.2. The Kier molecular flexibility index (Phi) is 4.75. The van der Waals surface area contributed by atoms with Gasteiger partial charge in [0, 0.05) is 13.5 Å². The lowest BCUT2D eigenvalue weighted by Gasteiger charge is -2.21. The van der Waals surface area contributed by atoms with E-state index in [2.05, 4.69) is 14.9 Å². The fraction of sp³-hybridized carbons (Fsp3) is 0.625. The highest BCUT2D eigenvalue weighted by Crippen LogP contribution is 2.03. The minimum atomic E-state index is -0.317. The fourth-order valence-electron chi connectivity index (χ4n) is 1.25. The largest absolute Gasteiger partial charge is 0.395 e. The van der Waals surface area contributed by atoms with E-state index in [1.54, 1.807) is 7.05 Å². The molecule has 1 aliphatic rings. The summed E-state index contributed by atoms with van der Waals surface area (Å²) >= 11 is -0.290. The highest BCUT2D eigenvalue weighted by Gasteiger charge is 2.25. The standard InChI is InChI=1S/C5H7N2O2.C3H6NO.Al/c6-3-1-2-4(8)7-5(3)9;1-3(5)4-2;/h3,6H,1-2H2,(H,7,8,9);1H2,2H3,(H,4,5);/q-1;;+1. The first-order valence-corrected chi connectivity index (χ1v) is 6.15. The van der Waals surface area contributed by atoms with Gasteiger partial charge in [-0.3, -0.25) is 19.7 Å². The summed E-state index contributed by atoms with van der Waals surface area (Å²) in [6.45, 7) is 0. The lowest BCUT2D eigenvalue weighted by Crippen LogP contribution is -2.51. The zero-order valence-electron chi connectivity index (χ0n) is 8.50. The Balaban J connectivity index is 2.24. The van der Waals surface area contributed by atoms with Crippen molar-refractivity contribution >= 4 is 33.2 Å². The SMILES string of the molecule is CNC(=O)[CH2][Al][NH]C1CCC(=O)NC1=O. The molecule has 1 aliphatic heterocycles. The molecule has 0 saturated carbocycles. The van der Waals surface area contributed by atoms with E-state index in [0.717, 1.165) is 0 Å². The third kappa shape index (κ3) is 4.00. The molecule has 0 aliphatic carbocycles. The first-order chi connectivity index (χ1) is 7.13. The molecule has 1 saturated heterocycles. The molecule has 6 nitrogen and oxygen atoms in total. The van der Waals surface area contributed by atoms with Crippen LogP contribution >= 0.6 is 0 Å². The van der Waals surface area contributed by atoms with E-state index < -0.39 is 0 Å². The summed E-state index contributed by atoms with van der Waals surface area (Å²) in [4.78, 5) is 33.0. The van der Waals surface area contributed by atoms with Crippen molar-refractivity contribution in [3.8, 4) is 0 Å². The average molecular weight is 226 g/mol. The van der Waals surface area contributed by atoms with E-state index in [1.807, 2.05) is 0 Å². The van der Waals surface area contributed by atoms with Gasteiger partial charge in [0.15, 0.2) is 0 Å². The van der Waals surface area contributed by atoms with E-state index in [9.17, 15) is 14.4 Å². The van der Waals surface area contributed by atoms with Crippen LogP contribution in [0.1, 0.15) is 12.8 Å². The van der Waals surface area contributed by atoms with Crippen LogP contribution in [0, 0.1) is 0 Å². The molecular formula is C8H13AlN3O3. The molecule has 1 radical (unpaired) electrons. The van der Waals surface area contributed by atoms with Crippen LogP contribution in [0.3, 0.4) is 0 Å². The van der Waals surface area contributed by atoms with Crippen molar-refractivity contribution in [2.45, 2.75) is 24.2 Å². The molecule has 1 fully saturated rings. The van der Waals surface area contributed by atoms with E-state index in [4.69, 9.17) is 0 Å². The lowest BCUT2D eigenvalue weighted by molar-refractivity contribution is -0.134. The molecule has 7 heteroatoms. The molecule has 15 heavy (non-hydrogen) atoms. The number of nitrogens with one attached hydrogen (secondary N) is 3. The van der Waals surface area contributed by atoms with Crippen molar-refractivity contribution in [1.29, 1.82) is 0 Å². The molecular weight excluding hydrogens is 213 g/mol. The van der Waals surface area contributed by atoms with Crippen molar-refractivity contribution in [1.82, 2.24) is 14.9 Å². The topological polar surface area (TPSA) is 87.3 Å². The summed E-state index contributed by atoms with van der Waals surface area (Å²) in [7, 11) is 1.58. The minimum absolute atomic E-state index is 0.0372. The monoisotopic (exact) mass is 226 g/mol. The second-order valence-corrected chi connectivity index (χ2v) is 4.40. The number of carbonyl (C=O) groups is 3. The molecule has 3 amide bonds. The Labute approximate surface area is 94.1 Å². The zero-order chi connectivity index (χ0) is 11.3. The third-order valence-electron chi connectivity index (χ3n) is 2.12. The van der Waals surface area contributed by atoms with Crippen molar-refractivity contribution < 1.29 is 14.4 Å². The van der Waals surface area contributed by atoms with Gasteiger partial charge in [0.1, 0.15) is 0 Å². The van der Waals surface area contributed by atoms with Gasteiger partial charge in [0.25, 0.3) is 0 Å². The van der Waals surface area contributed by atoms with Gasteiger partial charge < -0.3 is 9.62 Å². The van der Waals surface area contributed by atoms with Crippen LogP contribution in [0.2, 0.25) is 5.28 Å². The van der Waals surface area contributed by atoms with Crippen LogP contribution in [0.15, 0.2) is 0 Å². The molecule has 81 valence electrons. The Bertz CT molecular complexity index is 282. The number of hydrogen-bond acceptors (Lipinski definition) is 4. The fourth-order valence-corrected chi connectivity index (χ4v) is 2.36. The van der Waals surface area contributed by atoms with Gasteiger partial charge in [0.05, 0.1) is 6.04 Å². The predicted molar refractivity (Wildman–Crippen MR) is 53.9 cm³/mol. The van der Waals surface area contributed by atoms with E-state index in [1.165, 1.54) is 0 Å². The number of carbonyl (C=O) groups excluding carboxylic acids is 3. The molecule has 0 aromatic rings. The molecule has 1 unspecified atom stereocenters. The number of piperidine rings is 1. The quantitative estimate of drug-likeness (QED) is 0.388. The van der Waals surface area contributed by atoms with Crippen molar-refractivity contribution in [3.05, 3.63) is 0 Å². The Hall–Kier alpha value is -0.898. The molecule has 1 atom stereocenters. The van der Waals surface area contributed by atoms with Crippen LogP contribution in [-0.2, 0) is 14.4 Å². The van der Waals surface area contributed by atoms with E-state index in [0.29, 0.717) is 18.1 Å². The normalized spacial score (nSPS) is 20.7. The van der Waals surface area contributed by atoms with Gasteiger partial charge in [-0.25, -0.2) is 0 Å². The van der Waals surface area contributed by atoms with Crippen LogP contribution in [-0.4, -0.2) is 46.3 Å². The second kappa shape index (κ2) is 5.86. The van der Waals surface area contributed by atoms with Gasteiger partial charge in [-0.2, -0.15) is 0 Å². The maximum absolute atomic E-state index is 11.3. The summed E-state index contributed by atoms with van der Waals surface area (Å²) in [6.07, 6.45) is 0.883. The lowest BCUT2D eigenvalue weighted by atomic mass is 10.1. The van der Waals surface area contributed by atoms with Crippen LogP contribution < -0.4 is 14.9 Å². The van der Waals surface area contributed by atoms with Crippen molar-refractivity contribution in [2.75, 3.05) is 7.05 Å². The smallest absolute Gasteiger partial charge is 0.332 e. The maximum Gasteiger partial charge on any atom is 0.332 e. The Morgan fingerprint density at radius 2 is 2.33 bits per heavy atom. The van der Waals surface area contributed by atoms with Gasteiger partial charge in [-0.15, -0.1) is 0 Å². The zero-order valence-corrected chi connectivity index (χ0v) is 9.66. The number of imide groups is 1. The molecule has 0 spiro atoms. The van der Waals surface area contributed by atoms with Crippen LogP contribution in [0.5, 0.6) is 0 Å². The summed E-state index contributed by atoms with van der Waals surface area (Å²) in [5.41, 5.74) is 0. The number of hydrogen-bond donors (Lipinski definition) is 3.